The fraction of sp³-hybridized carbons (Fsp3) is 0.300. The molecule has 1 aromatic carbocycles. The van der Waals surface area contributed by atoms with Crippen LogP contribution in [0.4, 0.5) is 0 Å². The third-order valence-corrected chi connectivity index (χ3v) is 2.43. The van der Waals surface area contributed by atoms with Crippen LogP contribution >= 0.6 is 23.4 Å². The highest BCUT2D eigenvalue weighted by Crippen LogP contribution is 2.10. The molecule has 0 unspecified atom stereocenters. The van der Waals surface area contributed by atoms with E-state index in [1.54, 1.807) is 36.0 Å². The summed E-state index contributed by atoms with van der Waals surface area (Å²) in [5.41, 5.74) is 0.538. The van der Waals surface area contributed by atoms with Crippen LogP contribution < -0.4 is 0 Å². The van der Waals surface area contributed by atoms with Crippen LogP contribution in [0, 0.1) is 0 Å². The second-order valence-electron chi connectivity index (χ2n) is 2.64. The van der Waals surface area contributed by atoms with Gasteiger partial charge in [0.2, 0.25) is 0 Å². The number of carbonyl (C=O) groups excluding carboxylic acids is 1. The van der Waals surface area contributed by atoms with Crippen LogP contribution in [0.1, 0.15) is 10.4 Å². The highest BCUT2D eigenvalue weighted by atomic mass is 35.5. The maximum Gasteiger partial charge on any atom is 0.338 e. The molecule has 0 aromatic heterocycles. The Hall–Kier alpha value is -0.670. The number of hydrogen-bond donors (Lipinski definition) is 0. The fourth-order valence-electron chi connectivity index (χ4n) is 0.887. The number of rotatable bonds is 4. The molecule has 1 rings (SSSR count). The minimum absolute atomic E-state index is 0.296. The first-order valence-corrected chi connectivity index (χ1v) is 5.93. The van der Waals surface area contributed by atoms with E-state index in [1.807, 2.05) is 6.26 Å². The lowest BCUT2D eigenvalue weighted by Gasteiger charge is -2.03. The molecule has 0 bridgehead atoms. The van der Waals surface area contributed by atoms with Gasteiger partial charge in [-0.2, -0.15) is 11.8 Å². The van der Waals surface area contributed by atoms with Gasteiger partial charge in [-0.3, -0.25) is 0 Å². The molecule has 0 atom stereocenters. The number of ether oxygens (including phenoxy) is 1. The Bertz CT molecular complexity index is 297. The van der Waals surface area contributed by atoms with E-state index in [-0.39, 0.29) is 5.97 Å². The summed E-state index contributed by atoms with van der Waals surface area (Å²) < 4.78 is 5.01. The van der Waals surface area contributed by atoms with Crippen molar-refractivity contribution in [3.05, 3.63) is 34.9 Å². The third kappa shape index (κ3) is 3.60. The summed E-state index contributed by atoms with van der Waals surface area (Å²) in [7, 11) is 0. The lowest BCUT2D eigenvalue weighted by Crippen LogP contribution is -2.07. The van der Waals surface area contributed by atoms with Crippen LogP contribution in [0.15, 0.2) is 24.3 Å². The van der Waals surface area contributed by atoms with Crippen molar-refractivity contribution in [3.8, 4) is 0 Å². The highest BCUT2D eigenvalue weighted by molar-refractivity contribution is 7.98. The Morgan fingerprint density at radius 2 is 2.07 bits per heavy atom. The van der Waals surface area contributed by atoms with Gasteiger partial charge in [-0.05, 0) is 30.5 Å². The normalized spacial score (nSPS) is 9.86. The van der Waals surface area contributed by atoms with Gasteiger partial charge in [-0.1, -0.05) is 11.6 Å². The predicted octanol–water partition coefficient (Wildman–Crippen LogP) is 2.86. The SMILES string of the molecule is CSCCOC(=O)c1ccc(Cl)cc1. The van der Waals surface area contributed by atoms with E-state index in [0.717, 1.165) is 5.75 Å². The maximum absolute atomic E-state index is 11.4. The molecule has 0 aliphatic heterocycles. The molecule has 0 saturated heterocycles. The van der Waals surface area contributed by atoms with Gasteiger partial charge in [0.1, 0.15) is 6.61 Å². The topological polar surface area (TPSA) is 26.3 Å². The van der Waals surface area contributed by atoms with Crippen molar-refractivity contribution in [2.75, 3.05) is 18.6 Å². The van der Waals surface area contributed by atoms with Crippen molar-refractivity contribution in [3.63, 3.8) is 0 Å². The first-order valence-electron chi connectivity index (χ1n) is 4.15. The lowest BCUT2D eigenvalue weighted by molar-refractivity contribution is 0.0530. The summed E-state index contributed by atoms with van der Waals surface area (Å²) in [5, 5.41) is 0.616. The molecule has 0 spiro atoms. The van der Waals surface area contributed by atoms with E-state index in [1.165, 1.54) is 0 Å². The van der Waals surface area contributed by atoms with Gasteiger partial charge in [0, 0.05) is 10.8 Å². The maximum atomic E-state index is 11.4. The molecule has 0 fully saturated rings. The van der Waals surface area contributed by atoms with Crippen molar-refractivity contribution < 1.29 is 9.53 Å². The number of carbonyl (C=O) groups is 1. The number of thioether (sulfide) groups is 1. The van der Waals surface area contributed by atoms with E-state index in [4.69, 9.17) is 16.3 Å². The van der Waals surface area contributed by atoms with Crippen molar-refractivity contribution in [1.82, 2.24) is 0 Å². The minimum Gasteiger partial charge on any atom is -0.461 e. The molecule has 0 amide bonds. The van der Waals surface area contributed by atoms with Crippen LogP contribution in [-0.2, 0) is 4.74 Å². The molecule has 4 heteroatoms. The zero-order valence-electron chi connectivity index (χ0n) is 7.83. The summed E-state index contributed by atoms with van der Waals surface area (Å²) in [6.45, 7) is 0.447. The minimum atomic E-state index is -0.296. The molecule has 14 heavy (non-hydrogen) atoms. The van der Waals surface area contributed by atoms with E-state index in [9.17, 15) is 4.79 Å². The second-order valence-corrected chi connectivity index (χ2v) is 4.06. The zero-order valence-corrected chi connectivity index (χ0v) is 9.40. The van der Waals surface area contributed by atoms with E-state index >= 15 is 0 Å². The number of hydrogen-bond acceptors (Lipinski definition) is 3. The van der Waals surface area contributed by atoms with Gasteiger partial charge in [-0.15, -0.1) is 0 Å². The standard InChI is InChI=1S/C10H11ClO2S/c1-14-7-6-13-10(12)8-2-4-9(11)5-3-8/h2-5H,6-7H2,1H3. The van der Waals surface area contributed by atoms with Gasteiger partial charge >= 0.3 is 5.97 Å². The Morgan fingerprint density at radius 1 is 1.43 bits per heavy atom. The molecule has 0 saturated carbocycles. The second kappa shape index (κ2) is 5.94. The van der Waals surface area contributed by atoms with Gasteiger partial charge in [-0.25, -0.2) is 4.79 Å². The quantitative estimate of drug-likeness (QED) is 0.588. The molecule has 0 aliphatic carbocycles. The van der Waals surface area contributed by atoms with E-state index in [0.29, 0.717) is 17.2 Å². The van der Waals surface area contributed by atoms with Gasteiger partial charge in [0.25, 0.3) is 0 Å². The van der Waals surface area contributed by atoms with Gasteiger partial charge in [0.15, 0.2) is 0 Å². The highest BCUT2D eigenvalue weighted by Gasteiger charge is 2.05. The number of benzene rings is 1. The van der Waals surface area contributed by atoms with E-state index in [2.05, 4.69) is 0 Å². The van der Waals surface area contributed by atoms with Crippen molar-refractivity contribution >= 4 is 29.3 Å². The lowest BCUT2D eigenvalue weighted by atomic mass is 10.2. The van der Waals surface area contributed by atoms with E-state index < -0.39 is 0 Å². The molecule has 0 heterocycles. The summed E-state index contributed by atoms with van der Waals surface area (Å²) in [5.74, 6) is 0.523. The van der Waals surface area contributed by atoms with Gasteiger partial charge in [0.05, 0.1) is 5.56 Å². The Kier molecular flexibility index (Phi) is 4.84. The summed E-state index contributed by atoms with van der Waals surface area (Å²) in [6, 6.07) is 6.66. The fourth-order valence-corrected chi connectivity index (χ4v) is 1.26. The van der Waals surface area contributed by atoms with Crippen LogP contribution in [0.5, 0.6) is 0 Å². The van der Waals surface area contributed by atoms with Crippen LogP contribution in [-0.4, -0.2) is 24.6 Å². The molecule has 0 radical (unpaired) electrons. The molecule has 1 aromatic rings. The molecule has 2 nitrogen and oxygen atoms in total. The van der Waals surface area contributed by atoms with Crippen LogP contribution in [0.3, 0.4) is 0 Å². The predicted molar refractivity (Wildman–Crippen MR) is 60.1 cm³/mol. The monoisotopic (exact) mass is 230 g/mol. The Labute approximate surface area is 92.6 Å². The Balaban J connectivity index is 2.48. The first kappa shape index (κ1) is 11.4. The molecular weight excluding hydrogens is 220 g/mol. The molecule has 76 valence electrons. The smallest absolute Gasteiger partial charge is 0.338 e. The summed E-state index contributed by atoms with van der Waals surface area (Å²) in [4.78, 5) is 11.4. The molecule has 0 aliphatic rings. The Morgan fingerprint density at radius 3 is 2.64 bits per heavy atom. The average molecular weight is 231 g/mol. The van der Waals surface area contributed by atoms with Crippen LogP contribution in [0.25, 0.3) is 0 Å². The summed E-state index contributed by atoms with van der Waals surface area (Å²) in [6.07, 6.45) is 1.97. The third-order valence-electron chi connectivity index (χ3n) is 1.60. The van der Waals surface area contributed by atoms with Crippen molar-refractivity contribution in [1.29, 1.82) is 0 Å². The molecular formula is C10H11ClO2S. The number of esters is 1. The van der Waals surface area contributed by atoms with Gasteiger partial charge < -0.3 is 4.74 Å². The largest absolute Gasteiger partial charge is 0.461 e. The van der Waals surface area contributed by atoms with Crippen LogP contribution in [0.2, 0.25) is 5.02 Å². The first-order chi connectivity index (χ1) is 6.74. The van der Waals surface area contributed by atoms with Crippen molar-refractivity contribution in [2.24, 2.45) is 0 Å². The molecule has 0 N–H and O–H groups in total. The number of halogens is 1. The van der Waals surface area contributed by atoms with Crippen molar-refractivity contribution in [2.45, 2.75) is 0 Å². The average Bonchev–Trinajstić information content (AvgIpc) is 2.19. The zero-order chi connectivity index (χ0) is 10.4. The summed E-state index contributed by atoms with van der Waals surface area (Å²) >= 11 is 7.33.